The Morgan fingerprint density at radius 1 is 1.14 bits per heavy atom. The van der Waals surface area contributed by atoms with Gasteiger partial charge in [-0.1, -0.05) is 59.2 Å². The second-order valence-corrected chi connectivity index (χ2v) is 20.7. The number of hydrogen-bond donors (Lipinski definition) is 0. The average Bonchev–Trinajstić information content (AvgIpc) is 3.39. The van der Waals surface area contributed by atoms with Gasteiger partial charge in [0.05, 0.1) is 13.2 Å². The van der Waals surface area contributed by atoms with Crippen LogP contribution in [0.3, 0.4) is 0 Å². The van der Waals surface area contributed by atoms with Gasteiger partial charge < -0.3 is 18.6 Å². The Kier molecular flexibility index (Phi) is 7.56. The van der Waals surface area contributed by atoms with Crippen LogP contribution in [0.2, 0.25) is 18.1 Å². The minimum atomic E-state index is -2.04. The molecule has 4 aliphatic rings. The van der Waals surface area contributed by atoms with Crippen LogP contribution in [0.15, 0.2) is 12.1 Å². The van der Waals surface area contributed by atoms with Crippen LogP contribution in [-0.4, -0.2) is 42.6 Å². The van der Waals surface area contributed by atoms with Gasteiger partial charge in [0.2, 0.25) is 12.6 Å². The fourth-order valence-electron chi connectivity index (χ4n) is 6.04. The number of aryl methyl sites for hydroxylation is 1. The van der Waals surface area contributed by atoms with Gasteiger partial charge in [0.15, 0.2) is 5.79 Å². The van der Waals surface area contributed by atoms with Crippen molar-refractivity contribution in [2.24, 2.45) is 5.92 Å². The van der Waals surface area contributed by atoms with Gasteiger partial charge in [0, 0.05) is 41.2 Å². The molecule has 5 rings (SSSR count). The summed E-state index contributed by atoms with van der Waals surface area (Å²) in [6, 6.07) is 4.71. The Morgan fingerprint density at radius 2 is 1.89 bits per heavy atom. The average molecular weight is 551 g/mol. The van der Waals surface area contributed by atoms with Crippen LogP contribution >= 0.6 is 23.5 Å². The van der Waals surface area contributed by atoms with Crippen molar-refractivity contribution in [3.05, 3.63) is 23.3 Å². The molecule has 0 bridgehead atoms. The molecule has 7 heteroatoms. The molecule has 2 spiro atoms. The second-order valence-electron chi connectivity index (χ2n) is 12.8. The van der Waals surface area contributed by atoms with E-state index in [1.165, 1.54) is 30.4 Å². The fourth-order valence-corrected chi connectivity index (χ4v) is 10.8. The summed E-state index contributed by atoms with van der Waals surface area (Å²) in [5.41, 5.74) is 2.64. The third kappa shape index (κ3) is 5.01. The van der Waals surface area contributed by atoms with Gasteiger partial charge in [-0.3, -0.25) is 0 Å². The van der Waals surface area contributed by atoms with Crippen LogP contribution in [0.4, 0.5) is 0 Å². The SMILES string of the molecule is CCCCCc1cc2c(c(O[Si](C)(C)C(C)(C)C)c1)C1CC3(CCC1C1(O2)SCC(C)S1)OCCO3. The van der Waals surface area contributed by atoms with Gasteiger partial charge >= 0.3 is 0 Å². The maximum atomic E-state index is 7.15. The van der Waals surface area contributed by atoms with Gasteiger partial charge in [0.1, 0.15) is 11.5 Å². The highest BCUT2D eigenvalue weighted by Gasteiger charge is 2.60. The maximum absolute atomic E-state index is 7.15. The van der Waals surface area contributed by atoms with Crippen molar-refractivity contribution < 1.29 is 18.6 Å². The highest BCUT2D eigenvalue weighted by Crippen LogP contribution is 2.66. The van der Waals surface area contributed by atoms with Crippen molar-refractivity contribution in [1.82, 2.24) is 0 Å². The zero-order chi connectivity index (χ0) is 25.8. The monoisotopic (exact) mass is 550 g/mol. The Balaban J connectivity index is 1.61. The van der Waals surface area contributed by atoms with E-state index in [2.05, 4.69) is 59.8 Å². The molecule has 4 unspecified atom stereocenters. The van der Waals surface area contributed by atoms with E-state index in [1.807, 2.05) is 23.5 Å². The Labute approximate surface area is 228 Å². The summed E-state index contributed by atoms with van der Waals surface area (Å²) in [4.78, 5) is 0. The van der Waals surface area contributed by atoms with E-state index >= 15 is 0 Å². The molecule has 3 heterocycles. The normalized spacial score (nSPS) is 31.4. The summed E-state index contributed by atoms with van der Waals surface area (Å²) in [7, 11) is -2.04. The number of thioether (sulfide) groups is 2. The van der Waals surface area contributed by atoms with E-state index in [0.717, 1.165) is 42.9 Å². The van der Waals surface area contributed by atoms with E-state index in [-0.39, 0.29) is 9.30 Å². The maximum Gasteiger partial charge on any atom is 0.250 e. The minimum Gasteiger partial charge on any atom is -0.543 e. The molecule has 2 saturated heterocycles. The first-order valence-corrected chi connectivity index (χ1v) is 18.9. The molecular weight excluding hydrogens is 505 g/mol. The highest BCUT2D eigenvalue weighted by atomic mass is 32.2. The van der Waals surface area contributed by atoms with E-state index < -0.39 is 14.1 Å². The van der Waals surface area contributed by atoms with Gasteiger partial charge in [0.25, 0.3) is 0 Å². The summed E-state index contributed by atoms with van der Waals surface area (Å²) in [6.07, 6.45) is 7.69. The van der Waals surface area contributed by atoms with Crippen LogP contribution in [-0.2, 0) is 15.9 Å². The predicted molar refractivity (Wildman–Crippen MR) is 155 cm³/mol. The summed E-state index contributed by atoms with van der Waals surface area (Å²) >= 11 is 4.08. The molecular formula is C29H46O4S2Si. The second kappa shape index (κ2) is 10.00. The lowest BCUT2D eigenvalue weighted by Crippen LogP contribution is -2.50. The Bertz CT molecular complexity index is 955. The largest absolute Gasteiger partial charge is 0.543 e. The molecule has 3 aliphatic heterocycles. The molecule has 36 heavy (non-hydrogen) atoms. The van der Waals surface area contributed by atoms with Crippen molar-refractivity contribution in [1.29, 1.82) is 0 Å². The van der Waals surface area contributed by atoms with E-state index in [4.69, 9.17) is 18.6 Å². The molecule has 0 amide bonds. The third-order valence-corrected chi connectivity index (χ3v) is 17.0. The van der Waals surface area contributed by atoms with E-state index in [9.17, 15) is 0 Å². The van der Waals surface area contributed by atoms with Gasteiger partial charge in [-0.15, -0.1) is 11.8 Å². The molecule has 4 nitrogen and oxygen atoms in total. The number of rotatable bonds is 6. The lowest BCUT2D eigenvalue weighted by molar-refractivity contribution is -0.192. The van der Waals surface area contributed by atoms with Crippen molar-refractivity contribution in [3.8, 4) is 11.5 Å². The Hall–Kier alpha value is -0.343. The summed E-state index contributed by atoms with van der Waals surface area (Å²) < 4.78 is 26.7. The molecule has 1 aliphatic carbocycles. The number of fused-ring (bicyclic) bond motifs is 4. The highest BCUT2D eigenvalue weighted by molar-refractivity contribution is 8.21. The lowest BCUT2D eigenvalue weighted by Gasteiger charge is -2.51. The quantitative estimate of drug-likeness (QED) is 0.262. The van der Waals surface area contributed by atoms with Crippen LogP contribution in [0.5, 0.6) is 11.5 Å². The van der Waals surface area contributed by atoms with Crippen LogP contribution in [0.25, 0.3) is 0 Å². The molecule has 202 valence electrons. The molecule has 0 aromatic heterocycles. The van der Waals surface area contributed by atoms with Gasteiger partial charge in [-0.2, -0.15) is 0 Å². The number of benzene rings is 1. The molecule has 3 fully saturated rings. The third-order valence-electron chi connectivity index (χ3n) is 9.03. The topological polar surface area (TPSA) is 36.9 Å². The standard InChI is InChI=1S/C29H46O4S2Si/c1-8-9-10-11-21-16-24-26(25(17-21)33-36(6,7)27(3,4)5)22-18-28(30-14-15-31-28)13-12-23(22)29(32-24)34-19-20(2)35-29/h16-17,20,22-23H,8-15,18-19H2,1-7H3. The van der Waals surface area contributed by atoms with Crippen molar-refractivity contribution in [2.75, 3.05) is 19.0 Å². The van der Waals surface area contributed by atoms with Gasteiger partial charge in [-0.25, -0.2) is 0 Å². The zero-order valence-electron chi connectivity index (χ0n) is 23.4. The molecule has 4 atom stereocenters. The minimum absolute atomic E-state index is 0.131. The smallest absolute Gasteiger partial charge is 0.250 e. The van der Waals surface area contributed by atoms with E-state index in [0.29, 0.717) is 30.3 Å². The molecule has 1 aromatic rings. The first-order chi connectivity index (χ1) is 17.0. The lowest BCUT2D eigenvalue weighted by atomic mass is 9.71. The van der Waals surface area contributed by atoms with Crippen LogP contribution in [0.1, 0.15) is 90.2 Å². The molecule has 1 aromatic carbocycles. The zero-order valence-corrected chi connectivity index (χ0v) is 26.0. The first kappa shape index (κ1) is 27.2. The number of ether oxygens (including phenoxy) is 3. The number of hydrogen-bond acceptors (Lipinski definition) is 6. The molecule has 0 N–H and O–H groups in total. The van der Waals surface area contributed by atoms with Crippen molar-refractivity contribution >= 4 is 31.8 Å². The summed E-state index contributed by atoms with van der Waals surface area (Å²) in [5.74, 6) is 3.58. The van der Waals surface area contributed by atoms with Gasteiger partial charge in [-0.05, 0) is 55.1 Å². The van der Waals surface area contributed by atoms with Crippen molar-refractivity contribution in [3.63, 3.8) is 0 Å². The Morgan fingerprint density at radius 3 is 2.53 bits per heavy atom. The van der Waals surface area contributed by atoms with Crippen molar-refractivity contribution in [2.45, 2.75) is 119 Å². The molecule has 0 radical (unpaired) electrons. The predicted octanol–water partition coefficient (Wildman–Crippen LogP) is 8.34. The van der Waals surface area contributed by atoms with E-state index in [1.54, 1.807) is 0 Å². The van der Waals surface area contributed by atoms with Crippen LogP contribution in [0, 0.1) is 5.92 Å². The fraction of sp³-hybridized carbons (Fsp3) is 0.793. The number of unbranched alkanes of at least 4 members (excludes halogenated alkanes) is 2. The summed E-state index contributed by atoms with van der Waals surface area (Å²) in [6.45, 7) is 17.7. The summed E-state index contributed by atoms with van der Waals surface area (Å²) in [5, 5.41) is 0.731. The van der Waals surface area contributed by atoms with Crippen LogP contribution < -0.4 is 9.16 Å². The first-order valence-electron chi connectivity index (χ1n) is 14.1. The molecule has 1 saturated carbocycles.